The maximum atomic E-state index is 12.6. The fourth-order valence-corrected chi connectivity index (χ4v) is 3.63. The first-order valence-electron chi connectivity index (χ1n) is 8.21. The highest BCUT2D eigenvalue weighted by Gasteiger charge is 2.39. The van der Waals surface area contributed by atoms with Crippen LogP contribution in [0.1, 0.15) is 36.2 Å². The predicted molar refractivity (Wildman–Crippen MR) is 85.3 cm³/mol. The van der Waals surface area contributed by atoms with Gasteiger partial charge in [0.2, 0.25) is 0 Å². The number of benzene rings is 1. The number of hydrogen-bond donors (Lipinski definition) is 2. The zero-order valence-electron chi connectivity index (χ0n) is 13.0. The number of amides is 1. The van der Waals surface area contributed by atoms with Crippen molar-refractivity contribution in [2.24, 2.45) is 0 Å². The lowest BCUT2D eigenvalue weighted by Gasteiger charge is -2.43. The highest BCUT2D eigenvalue weighted by molar-refractivity contribution is 6.04. The molecule has 0 saturated carbocycles. The lowest BCUT2D eigenvalue weighted by molar-refractivity contribution is -0.139. The van der Waals surface area contributed by atoms with Crippen LogP contribution in [-0.2, 0) is 9.47 Å². The molecule has 4 rings (SSSR count). The summed E-state index contributed by atoms with van der Waals surface area (Å²) in [5.74, 6) is -0.114. The van der Waals surface area contributed by atoms with Crippen LogP contribution >= 0.6 is 0 Å². The quantitative estimate of drug-likeness (QED) is 0.889. The highest BCUT2D eigenvalue weighted by atomic mass is 16.5. The number of H-pyrrole nitrogens is 1. The third kappa shape index (κ3) is 2.84. The first-order chi connectivity index (χ1) is 11.3. The number of carbonyl (C=O) groups excluding carboxylic acids is 1. The Hall–Kier alpha value is -1.92. The van der Waals surface area contributed by atoms with Gasteiger partial charge in [0.1, 0.15) is 0 Å². The summed E-state index contributed by atoms with van der Waals surface area (Å²) in [7, 11) is 0. The van der Waals surface area contributed by atoms with Crippen LogP contribution in [0.25, 0.3) is 10.9 Å². The Labute approximate surface area is 134 Å². The van der Waals surface area contributed by atoms with Gasteiger partial charge in [0.15, 0.2) is 5.69 Å². The number of carbonyl (C=O) groups is 1. The van der Waals surface area contributed by atoms with Gasteiger partial charge < -0.3 is 14.8 Å². The maximum absolute atomic E-state index is 12.6. The zero-order chi connectivity index (χ0) is 15.7. The van der Waals surface area contributed by atoms with E-state index in [1.807, 2.05) is 24.3 Å². The van der Waals surface area contributed by atoms with Gasteiger partial charge in [0.05, 0.1) is 11.1 Å². The van der Waals surface area contributed by atoms with Gasteiger partial charge >= 0.3 is 0 Å². The van der Waals surface area contributed by atoms with E-state index in [-0.39, 0.29) is 17.6 Å². The fourth-order valence-electron chi connectivity index (χ4n) is 3.63. The average molecular weight is 315 g/mol. The van der Waals surface area contributed by atoms with E-state index in [0.29, 0.717) is 12.3 Å². The second-order valence-electron chi connectivity index (χ2n) is 6.42. The molecular weight excluding hydrogens is 294 g/mol. The van der Waals surface area contributed by atoms with Crippen molar-refractivity contribution in [2.75, 3.05) is 19.8 Å². The van der Waals surface area contributed by atoms with Gasteiger partial charge in [-0.2, -0.15) is 5.10 Å². The fraction of sp³-hybridized carbons (Fsp3) is 0.529. The van der Waals surface area contributed by atoms with E-state index in [4.69, 9.17) is 9.47 Å². The molecule has 1 aromatic carbocycles. The Morgan fingerprint density at radius 1 is 1.26 bits per heavy atom. The minimum atomic E-state index is -0.123. The van der Waals surface area contributed by atoms with Crippen LogP contribution < -0.4 is 5.32 Å². The van der Waals surface area contributed by atoms with E-state index in [9.17, 15) is 4.79 Å². The maximum Gasteiger partial charge on any atom is 0.272 e. The molecule has 122 valence electrons. The summed E-state index contributed by atoms with van der Waals surface area (Å²) in [5, 5.41) is 11.1. The van der Waals surface area contributed by atoms with E-state index in [1.165, 1.54) is 0 Å². The van der Waals surface area contributed by atoms with Gasteiger partial charge in [-0.25, -0.2) is 0 Å². The van der Waals surface area contributed by atoms with Crippen LogP contribution in [-0.4, -0.2) is 47.6 Å². The third-order valence-corrected chi connectivity index (χ3v) is 4.92. The Bertz CT molecular complexity index is 700. The predicted octanol–water partition coefficient (Wildman–Crippen LogP) is 2.02. The first kappa shape index (κ1) is 14.7. The summed E-state index contributed by atoms with van der Waals surface area (Å²) in [6.07, 6.45) is 3.51. The van der Waals surface area contributed by atoms with Gasteiger partial charge in [0, 0.05) is 31.2 Å². The lowest BCUT2D eigenvalue weighted by Crippen LogP contribution is -2.51. The summed E-state index contributed by atoms with van der Waals surface area (Å²) in [5.41, 5.74) is 1.22. The van der Waals surface area contributed by atoms with Crippen molar-refractivity contribution < 1.29 is 14.3 Å². The minimum absolute atomic E-state index is 0.114. The van der Waals surface area contributed by atoms with Gasteiger partial charge in [-0.1, -0.05) is 18.2 Å². The monoisotopic (exact) mass is 315 g/mol. The topological polar surface area (TPSA) is 76.2 Å². The molecular formula is C17H21N3O3. The van der Waals surface area contributed by atoms with Crippen LogP contribution in [0.5, 0.6) is 0 Å². The van der Waals surface area contributed by atoms with Crippen molar-refractivity contribution in [1.82, 2.24) is 15.5 Å². The molecule has 0 radical (unpaired) electrons. The minimum Gasteiger partial charge on any atom is -0.381 e. The number of hydrogen-bond acceptors (Lipinski definition) is 4. The van der Waals surface area contributed by atoms with Gasteiger partial charge in [-0.15, -0.1) is 0 Å². The average Bonchev–Trinajstić information content (AvgIpc) is 3.00. The molecule has 1 atom stereocenters. The first-order valence-corrected chi connectivity index (χ1v) is 8.21. The van der Waals surface area contributed by atoms with Gasteiger partial charge in [-0.3, -0.25) is 9.89 Å². The number of aromatic nitrogens is 2. The summed E-state index contributed by atoms with van der Waals surface area (Å²) >= 11 is 0. The number of nitrogens with zero attached hydrogens (tertiary/aromatic N) is 1. The Morgan fingerprint density at radius 3 is 2.96 bits per heavy atom. The Balaban J connectivity index is 1.48. The largest absolute Gasteiger partial charge is 0.381 e. The molecule has 6 nitrogen and oxygen atoms in total. The molecule has 23 heavy (non-hydrogen) atoms. The molecule has 2 aliphatic rings. The number of para-hydroxylation sites is 1. The van der Waals surface area contributed by atoms with Crippen molar-refractivity contribution in [3.8, 4) is 0 Å². The van der Waals surface area contributed by atoms with E-state index in [1.54, 1.807) is 0 Å². The molecule has 1 spiro atoms. The van der Waals surface area contributed by atoms with Crippen LogP contribution in [0.3, 0.4) is 0 Å². The van der Waals surface area contributed by atoms with Gasteiger partial charge in [0.25, 0.3) is 5.91 Å². The van der Waals surface area contributed by atoms with E-state index >= 15 is 0 Å². The Morgan fingerprint density at radius 2 is 2.09 bits per heavy atom. The van der Waals surface area contributed by atoms with Crippen LogP contribution in [0, 0.1) is 0 Å². The Kier molecular flexibility index (Phi) is 3.79. The highest BCUT2D eigenvalue weighted by Crippen LogP contribution is 2.34. The summed E-state index contributed by atoms with van der Waals surface area (Å²) in [6.45, 7) is 2.17. The van der Waals surface area contributed by atoms with E-state index in [2.05, 4.69) is 15.5 Å². The van der Waals surface area contributed by atoms with Crippen molar-refractivity contribution in [2.45, 2.75) is 37.3 Å². The number of aromatic amines is 1. The number of fused-ring (bicyclic) bond motifs is 1. The van der Waals surface area contributed by atoms with E-state index in [0.717, 1.165) is 49.8 Å². The summed E-state index contributed by atoms with van der Waals surface area (Å²) in [6, 6.07) is 7.81. The number of rotatable bonds is 2. The molecule has 2 aromatic rings. The molecule has 2 saturated heterocycles. The summed E-state index contributed by atoms with van der Waals surface area (Å²) < 4.78 is 11.5. The van der Waals surface area contributed by atoms with Crippen LogP contribution in [0.4, 0.5) is 0 Å². The molecule has 0 bridgehead atoms. The van der Waals surface area contributed by atoms with Crippen molar-refractivity contribution in [3.63, 3.8) is 0 Å². The second kappa shape index (κ2) is 5.94. The second-order valence-corrected chi connectivity index (χ2v) is 6.42. The smallest absolute Gasteiger partial charge is 0.272 e. The standard InChI is InChI=1S/C17H21N3O3/c21-16(15-13-3-1-2-4-14(13)19-20-15)18-12-5-8-23-17(11-12)6-9-22-10-7-17/h1-4,12H,5-11H2,(H,18,21)(H,19,20)/t12-/m0/s1. The molecule has 2 fully saturated rings. The molecule has 0 unspecified atom stereocenters. The van der Waals surface area contributed by atoms with E-state index < -0.39 is 0 Å². The number of ether oxygens (including phenoxy) is 2. The van der Waals surface area contributed by atoms with Gasteiger partial charge in [-0.05, 0) is 31.7 Å². The SMILES string of the molecule is O=C(N[C@H]1CCOC2(CCOCC2)C1)c1n[nH]c2ccccc12. The number of nitrogens with one attached hydrogen (secondary N) is 2. The normalized spacial score (nSPS) is 23.9. The van der Waals surface area contributed by atoms with Crippen molar-refractivity contribution >= 4 is 16.8 Å². The molecule has 0 aliphatic carbocycles. The van der Waals surface area contributed by atoms with Crippen molar-refractivity contribution in [1.29, 1.82) is 0 Å². The summed E-state index contributed by atoms with van der Waals surface area (Å²) in [4.78, 5) is 12.6. The van der Waals surface area contributed by atoms with Crippen LogP contribution in [0.2, 0.25) is 0 Å². The lowest BCUT2D eigenvalue weighted by atomic mass is 9.84. The molecule has 2 N–H and O–H groups in total. The third-order valence-electron chi connectivity index (χ3n) is 4.92. The molecule has 3 heterocycles. The van der Waals surface area contributed by atoms with Crippen molar-refractivity contribution in [3.05, 3.63) is 30.0 Å². The molecule has 1 aromatic heterocycles. The van der Waals surface area contributed by atoms with Crippen LogP contribution in [0.15, 0.2) is 24.3 Å². The molecule has 6 heteroatoms. The molecule has 2 aliphatic heterocycles. The zero-order valence-corrected chi connectivity index (χ0v) is 13.0. The molecule has 1 amide bonds.